The second kappa shape index (κ2) is 14.1. The van der Waals surface area contributed by atoms with E-state index in [0.29, 0.717) is 44.5 Å². The molecule has 0 aliphatic heterocycles. The molecule has 38 heavy (non-hydrogen) atoms. The summed E-state index contributed by atoms with van der Waals surface area (Å²) in [5.41, 5.74) is 0.353. The Morgan fingerprint density at radius 3 is 2.58 bits per heavy atom. The van der Waals surface area contributed by atoms with Gasteiger partial charge in [-0.3, -0.25) is 14.0 Å². The van der Waals surface area contributed by atoms with Crippen LogP contribution in [0.4, 0.5) is 17.6 Å². The summed E-state index contributed by atoms with van der Waals surface area (Å²) in [7, 11) is 0. The zero-order chi connectivity index (χ0) is 27.4. The molecule has 2 aromatic heterocycles. The van der Waals surface area contributed by atoms with Crippen molar-refractivity contribution in [3.8, 4) is 11.4 Å². The number of ether oxygens (including phenoxy) is 1. The summed E-state index contributed by atoms with van der Waals surface area (Å²) in [4.78, 5) is 28.7. The van der Waals surface area contributed by atoms with E-state index in [4.69, 9.17) is 4.74 Å². The Bertz CT molecular complexity index is 1170. The van der Waals surface area contributed by atoms with Gasteiger partial charge in [0.15, 0.2) is 5.69 Å². The molecule has 0 bridgehead atoms. The third kappa shape index (κ3) is 9.16. The number of alkyl halides is 4. The lowest BCUT2D eigenvalue weighted by Crippen LogP contribution is -2.33. The molecule has 0 radical (unpaired) electrons. The van der Waals surface area contributed by atoms with Gasteiger partial charge in [0, 0.05) is 31.0 Å². The Labute approximate surface area is 216 Å². The van der Waals surface area contributed by atoms with Crippen LogP contribution in [-0.2, 0) is 6.54 Å². The Morgan fingerprint density at radius 2 is 1.84 bits per heavy atom. The molecule has 1 aromatic carbocycles. The number of amides is 2. The van der Waals surface area contributed by atoms with Crippen LogP contribution < -0.4 is 15.4 Å². The van der Waals surface area contributed by atoms with E-state index in [2.05, 4.69) is 20.6 Å². The van der Waals surface area contributed by atoms with Crippen LogP contribution in [0.15, 0.2) is 43.1 Å². The predicted molar refractivity (Wildman–Crippen MR) is 129 cm³/mol. The number of benzene rings is 1. The van der Waals surface area contributed by atoms with Crippen molar-refractivity contribution in [2.45, 2.75) is 44.8 Å². The minimum Gasteiger partial charge on any atom is -0.491 e. The van der Waals surface area contributed by atoms with Crippen LogP contribution in [0.1, 0.15) is 53.0 Å². The van der Waals surface area contributed by atoms with Crippen LogP contribution in [-0.4, -0.2) is 68.9 Å². The second-order valence-corrected chi connectivity index (χ2v) is 8.39. The number of nitrogens with one attached hydrogen (secondary N) is 2. The molecule has 206 valence electrons. The fourth-order valence-electron chi connectivity index (χ4n) is 3.43. The lowest BCUT2D eigenvalue weighted by Gasteiger charge is -2.14. The van der Waals surface area contributed by atoms with Crippen molar-refractivity contribution >= 4 is 11.8 Å². The van der Waals surface area contributed by atoms with Gasteiger partial charge in [-0.1, -0.05) is 11.6 Å². The van der Waals surface area contributed by atoms with Gasteiger partial charge in [0.25, 0.3) is 11.8 Å². The highest BCUT2D eigenvalue weighted by molar-refractivity contribution is 5.95. The second-order valence-electron chi connectivity index (χ2n) is 8.39. The number of unbranched alkanes of at least 4 members (excludes halogenated alkanes) is 3. The fraction of sp³-hybridized carbons (Fsp3) is 0.458. The van der Waals surface area contributed by atoms with E-state index in [9.17, 15) is 27.2 Å². The van der Waals surface area contributed by atoms with Gasteiger partial charge in [-0.2, -0.15) is 13.2 Å². The molecule has 0 saturated heterocycles. The van der Waals surface area contributed by atoms with E-state index < -0.39 is 31.2 Å². The summed E-state index contributed by atoms with van der Waals surface area (Å²) >= 11 is 0. The molecular formula is C24H29F4N7O3. The third-order valence-electron chi connectivity index (χ3n) is 5.37. The number of aromatic nitrogens is 5. The van der Waals surface area contributed by atoms with Crippen molar-refractivity contribution in [1.82, 2.24) is 35.2 Å². The summed E-state index contributed by atoms with van der Waals surface area (Å²) in [6, 6.07) is 4.08. The van der Waals surface area contributed by atoms with E-state index in [1.165, 1.54) is 29.1 Å². The molecule has 0 atom stereocenters. The minimum absolute atomic E-state index is 0.0404. The van der Waals surface area contributed by atoms with Crippen LogP contribution in [0, 0.1) is 0 Å². The Hall–Kier alpha value is -3.97. The molecule has 0 fully saturated rings. The maximum atomic E-state index is 12.5. The lowest BCUT2D eigenvalue weighted by atomic mass is 10.1. The number of hydrogen-bond acceptors (Lipinski definition) is 6. The van der Waals surface area contributed by atoms with Gasteiger partial charge in [-0.05, 0) is 43.9 Å². The van der Waals surface area contributed by atoms with E-state index in [1.54, 1.807) is 12.5 Å². The summed E-state index contributed by atoms with van der Waals surface area (Å²) in [5.74, 6) is -1.18. The molecule has 10 nitrogen and oxygen atoms in total. The maximum absolute atomic E-state index is 12.5. The number of aryl methyl sites for hydroxylation is 1. The fourth-order valence-corrected chi connectivity index (χ4v) is 3.43. The van der Waals surface area contributed by atoms with Crippen molar-refractivity contribution in [3.05, 3.63) is 54.4 Å². The van der Waals surface area contributed by atoms with E-state index in [0.717, 1.165) is 6.42 Å². The quantitative estimate of drug-likeness (QED) is 0.226. The Balaban J connectivity index is 1.67. The molecule has 0 spiro atoms. The molecule has 0 unspecified atom stereocenters. The summed E-state index contributed by atoms with van der Waals surface area (Å²) in [6.45, 7) is -0.548. The lowest BCUT2D eigenvalue weighted by molar-refractivity contribution is -0.123. The molecule has 0 aliphatic carbocycles. The van der Waals surface area contributed by atoms with Crippen LogP contribution in [0.5, 0.6) is 5.75 Å². The van der Waals surface area contributed by atoms with Crippen LogP contribution in [0.3, 0.4) is 0 Å². The highest BCUT2D eigenvalue weighted by atomic mass is 19.4. The zero-order valence-corrected chi connectivity index (χ0v) is 20.6. The molecular weight excluding hydrogens is 510 g/mol. The van der Waals surface area contributed by atoms with Gasteiger partial charge in [0.1, 0.15) is 18.0 Å². The van der Waals surface area contributed by atoms with Crippen LogP contribution in [0.2, 0.25) is 0 Å². The number of imidazole rings is 1. The number of rotatable bonds is 15. The minimum atomic E-state index is -4.55. The summed E-state index contributed by atoms with van der Waals surface area (Å²) in [6.07, 6.45) is 5.16. The zero-order valence-electron chi connectivity index (χ0n) is 20.6. The van der Waals surface area contributed by atoms with Crippen molar-refractivity contribution in [3.63, 3.8) is 0 Å². The first kappa shape index (κ1) is 28.6. The number of nitrogens with zero attached hydrogens (tertiary/aromatic N) is 5. The highest BCUT2D eigenvalue weighted by Gasteiger charge is 2.28. The van der Waals surface area contributed by atoms with Crippen molar-refractivity contribution in [2.75, 3.05) is 26.4 Å². The monoisotopic (exact) mass is 539 g/mol. The first-order valence-corrected chi connectivity index (χ1v) is 12.1. The SMILES string of the molecule is O=C(NCC(F)(F)F)c1ccc(-n2cc(C(=O)NCCCn3ccnc3)nn2)c(OCCCCCCF)c1. The largest absolute Gasteiger partial charge is 0.491 e. The molecule has 14 heteroatoms. The highest BCUT2D eigenvalue weighted by Crippen LogP contribution is 2.25. The van der Waals surface area contributed by atoms with Crippen LogP contribution >= 0.6 is 0 Å². The molecule has 0 aliphatic rings. The molecule has 0 saturated carbocycles. The smallest absolute Gasteiger partial charge is 0.405 e. The van der Waals surface area contributed by atoms with Gasteiger partial charge < -0.3 is 19.9 Å². The molecule has 2 amide bonds. The van der Waals surface area contributed by atoms with Gasteiger partial charge in [0.05, 0.1) is 25.8 Å². The Kier molecular flexibility index (Phi) is 10.6. The van der Waals surface area contributed by atoms with Gasteiger partial charge in [0.2, 0.25) is 0 Å². The normalized spacial score (nSPS) is 11.4. The molecule has 3 aromatic rings. The van der Waals surface area contributed by atoms with Crippen molar-refractivity contribution in [2.24, 2.45) is 0 Å². The average Bonchev–Trinajstić information content (AvgIpc) is 3.59. The topological polar surface area (TPSA) is 116 Å². The van der Waals surface area contributed by atoms with Gasteiger partial charge in [-0.15, -0.1) is 5.10 Å². The number of carbonyl (C=O) groups excluding carboxylic acids is 2. The van der Waals surface area contributed by atoms with Gasteiger partial charge >= 0.3 is 6.18 Å². The van der Waals surface area contributed by atoms with E-state index in [1.807, 2.05) is 16.1 Å². The summed E-state index contributed by atoms with van der Waals surface area (Å²) < 4.78 is 58.8. The van der Waals surface area contributed by atoms with Crippen LogP contribution in [0.25, 0.3) is 5.69 Å². The van der Waals surface area contributed by atoms with E-state index >= 15 is 0 Å². The number of hydrogen-bond donors (Lipinski definition) is 2. The molecule has 3 rings (SSSR count). The van der Waals surface area contributed by atoms with Gasteiger partial charge in [-0.25, -0.2) is 9.67 Å². The third-order valence-corrected chi connectivity index (χ3v) is 5.37. The number of halogens is 4. The molecule has 2 heterocycles. The predicted octanol–water partition coefficient (Wildman–Crippen LogP) is 3.48. The average molecular weight is 540 g/mol. The standard InChI is InChI=1S/C24H29F4N7O3/c25-8-3-1-2-4-13-38-21-14-18(22(36)31-16-24(26,27)28)6-7-20(21)35-15-19(32-33-35)23(37)30-9-5-11-34-12-10-29-17-34/h6-7,10,12,14-15,17H,1-5,8-9,11,13,16H2,(H,30,37)(H,31,36). The van der Waals surface area contributed by atoms with E-state index in [-0.39, 0.29) is 23.6 Å². The Morgan fingerprint density at radius 1 is 1.03 bits per heavy atom. The van der Waals surface area contributed by atoms with Crippen molar-refractivity contribution in [1.29, 1.82) is 0 Å². The first-order chi connectivity index (χ1) is 18.3. The first-order valence-electron chi connectivity index (χ1n) is 12.1. The van der Waals surface area contributed by atoms with Crippen molar-refractivity contribution < 1.29 is 31.9 Å². The maximum Gasteiger partial charge on any atom is 0.405 e. The molecule has 2 N–H and O–H groups in total. The number of carbonyl (C=O) groups is 2. The summed E-state index contributed by atoms with van der Waals surface area (Å²) in [5, 5.41) is 12.4.